The van der Waals surface area contributed by atoms with E-state index in [1.165, 1.54) is 4.90 Å². The molecule has 2 heterocycles. The molecule has 0 atom stereocenters. The lowest BCUT2D eigenvalue weighted by Crippen LogP contribution is -2.30. The van der Waals surface area contributed by atoms with Crippen LogP contribution in [-0.2, 0) is 0 Å². The molecular weight excluding hydrogens is 352 g/mol. The van der Waals surface area contributed by atoms with Crippen LogP contribution in [-0.4, -0.2) is 16.8 Å². The van der Waals surface area contributed by atoms with Gasteiger partial charge in [-0.15, -0.1) is 0 Å². The van der Waals surface area contributed by atoms with Gasteiger partial charge in [-0.3, -0.25) is 9.59 Å². The molecular formula is C23H16N2O3. The molecule has 0 saturated heterocycles. The quantitative estimate of drug-likeness (QED) is 0.472. The van der Waals surface area contributed by atoms with Crippen LogP contribution in [0.15, 0.2) is 65.1 Å². The second-order valence-corrected chi connectivity index (χ2v) is 6.93. The van der Waals surface area contributed by atoms with Crippen LogP contribution in [0.4, 0.5) is 5.69 Å². The molecule has 5 heteroatoms. The number of aryl methyl sites for hydroxylation is 1. The molecule has 0 saturated carbocycles. The van der Waals surface area contributed by atoms with Gasteiger partial charge in [0.15, 0.2) is 5.58 Å². The standard InChI is InChI=1S/C23H16N2O3/c1-13-10-11-20-18(12-13)24-21(28-20)15-8-5-9-19(14(15)2)25-22(26)16-6-3-4-7-17(16)23(25)27/h3-12H,1-2H3. The first-order chi connectivity index (χ1) is 13.5. The van der Waals surface area contributed by atoms with Crippen LogP contribution < -0.4 is 4.90 Å². The van der Waals surface area contributed by atoms with Crippen molar-refractivity contribution < 1.29 is 14.0 Å². The van der Waals surface area contributed by atoms with Gasteiger partial charge in [0.2, 0.25) is 5.89 Å². The smallest absolute Gasteiger partial charge is 0.266 e. The first kappa shape index (κ1) is 16.4. The van der Waals surface area contributed by atoms with Crippen LogP contribution in [0.2, 0.25) is 0 Å². The summed E-state index contributed by atoms with van der Waals surface area (Å²) in [5.41, 5.74) is 5.49. The lowest BCUT2D eigenvalue weighted by molar-refractivity contribution is 0.0926. The van der Waals surface area contributed by atoms with E-state index in [1.807, 2.05) is 38.1 Å². The van der Waals surface area contributed by atoms with Crippen molar-refractivity contribution in [2.24, 2.45) is 0 Å². The molecule has 4 aromatic rings. The van der Waals surface area contributed by atoms with Crippen molar-refractivity contribution in [3.05, 3.63) is 82.9 Å². The van der Waals surface area contributed by atoms with E-state index in [0.29, 0.717) is 28.3 Å². The predicted molar refractivity (Wildman–Crippen MR) is 107 cm³/mol. The zero-order chi connectivity index (χ0) is 19.4. The Balaban J connectivity index is 1.64. The third-order valence-electron chi connectivity index (χ3n) is 5.11. The van der Waals surface area contributed by atoms with Gasteiger partial charge in [-0.25, -0.2) is 9.88 Å². The summed E-state index contributed by atoms with van der Waals surface area (Å²) in [6.07, 6.45) is 0. The summed E-state index contributed by atoms with van der Waals surface area (Å²) in [5, 5.41) is 0. The van der Waals surface area contributed by atoms with Crippen LogP contribution in [0.3, 0.4) is 0 Å². The molecule has 0 bridgehead atoms. The van der Waals surface area contributed by atoms with Gasteiger partial charge < -0.3 is 4.42 Å². The SMILES string of the molecule is Cc1ccc2oc(-c3cccc(N4C(=O)c5ccccc5C4=O)c3C)nc2c1. The number of fused-ring (bicyclic) bond motifs is 2. The third kappa shape index (κ3) is 2.29. The highest BCUT2D eigenvalue weighted by atomic mass is 16.3. The van der Waals surface area contributed by atoms with Crippen LogP contribution >= 0.6 is 0 Å². The van der Waals surface area contributed by atoms with Crippen molar-refractivity contribution in [3.63, 3.8) is 0 Å². The molecule has 0 fully saturated rings. The van der Waals surface area contributed by atoms with Gasteiger partial charge >= 0.3 is 0 Å². The molecule has 1 aliphatic rings. The number of hydrogen-bond donors (Lipinski definition) is 0. The fourth-order valence-corrected chi connectivity index (χ4v) is 3.66. The van der Waals surface area contributed by atoms with Crippen LogP contribution in [0.25, 0.3) is 22.6 Å². The van der Waals surface area contributed by atoms with Crippen molar-refractivity contribution in [1.82, 2.24) is 4.98 Å². The maximum atomic E-state index is 12.9. The normalized spacial score (nSPS) is 13.4. The molecule has 136 valence electrons. The number of imide groups is 1. The predicted octanol–water partition coefficient (Wildman–Crippen LogP) is 4.91. The first-order valence-electron chi connectivity index (χ1n) is 8.99. The fraction of sp³-hybridized carbons (Fsp3) is 0.0870. The maximum absolute atomic E-state index is 12.9. The van der Waals surface area contributed by atoms with Gasteiger partial charge in [0.1, 0.15) is 5.52 Å². The highest BCUT2D eigenvalue weighted by Crippen LogP contribution is 2.36. The first-order valence-corrected chi connectivity index (χ1v) is 8.99. The highest BCUT2D eigenvalue weighted by molar-refractivity contribution is 6.34. The largest absolute Gasteiger partial charge is 0.436 e. The molecule has 0 spiro atoms. The van der Waals surface area contributed by atoms with E-state index in [2.05, 4.69) is 4.98 Å². The molecule has 28 heavy (non-hydrogen) atoms. The van der Waals surface area contributed by atoms with Crippen LogP contribution in [0.1, 0.15) is 31.8 Å². The Morgan fingerprint density at radius 1 is 0.821 bits per heavy atom. The van der Waals surface area contributed by atoms with Gasteiger partial charge in [0.25, 0.3) is 11.8 Å². The molecule has 2 amide bonds. The minimum atomic E-state index is -0.311. The van der Waals surface area contributed by atoms with Crippen molar-refractivity contribution >= 4 is 28.6 Å². The molecule has 1 aromatic heterocycles. The number of aromatic nitrogens is 1. The Hall–Kier alpha value is -3.73. The van der Waals surface area contributed by atoms with E-state index in [0.717, 1.165) is 22.2 Å². The molecule has 0 N–H and O–H groups in total. The number of hydrogen-bond acceptors (Lipinski definition) is 4. The van der Waals surface area contributed by atoms with E-state index >= 15 is 0 Å². The van der Waals surface area contributed by atoms with Crippen LogP contribution in [0.5, 0.6) is 0 Å². The van der Waals surface area contributed by atoms with Crippen LogP contribution in [0, 0.1) is 13.8 Å². The molecule has 0 radical (unpaired) electrons. The van der Waals surface area contributed by atoms with Gasteiger partial charge in [0.05, 0.1) is 16.8 Å². The summed E-state index contributed by atoms with van der Waals surface area (Å²) in [4.78, 5) is 31.5. The zero-order valence-corrected chi connectivity index (χ0v) is 15.4. The van der Waals surface area contributed by atoms with Gasteiger partial charge in [0, 0.05) is 5.56 Å². The number of carbonyl (C=O) groups is 2. The van der Waals surface area contributed by atoms with E-state index in [4.69, 9.17) is 4.42 Å². The summed E-state index contributed by atoms with van der Waals surface area (Å²) in [6, 6.07) is 18.2. The fourth-order valence-electron chi connectivity index (χ4n) is 3.66. The van der Waals surface area contributed by atoms with E-state index < -0.39 is 0 Å². The van der Waals surface area contributed by atoms with Gasteiger partial charge in [-0.1, -0.05) is 24.3 Å². The number of rotatable bonds is 2. The molecule has 5 rings (SSSR count). The highest BCUT2D eigenvalue weighted by Gasteiger charge is 2.37. The molecule has 3 aromatic carbocycles. The molecule has 1 aliphatic heterocycles. The zero-order valence-electron chi connectivity index (χ0n) is 15.4. The topological polar surface area (TPSA) is 63.4 Å². The van der Waals surface area contributed by atoms with Crippen molar-refractivity contribution in [1.29, 1.82) is 0 Å². The Kier molecular flexibility index (Phi) is 3.46. The summed E-state index contributed by atoms with van der Waals surface area (Å²) in [6.45, 7) is 3.87. The molecule has 0 aliphatic carbocycles. The maximum Gasteiger partial charge on any atom is 0.266 e. The Morgan fingerprint density at radius 3 is 2.21 bits per heavy atom. The van der Waals surface area contributed by atoms with Gasteiger partial charge in [-0.2, -0.15) is 0 Å². The van der Waals surface area contributed by atoms with Gasteiger partial charge in [-0.05, 0) is 61.4 Å². The second kappa shape index (κ2) is 5.89. The average molecular weight is 368 g/mol. The third-order valence-corrected chi connectivity index (χ3v) is 5.11. The summed E-state index contributed by atoms with van der Waals surface area (Å²) in [7, 11) is 0. The van der Waals surface area contributed by atoms with E-state index in [1.54, 1.807) is 36.4 Å². The second-order valence-electron chi connectivity index (χ2n) is 6.93. The number of nitrogens with zero attached hydrogens (tertiary/aromatic N) is 2. The van der Waals surface area contributed by atoms with E-state index in [9.17, 15) is 9.59 Å². The summed E-state index contributed by atoms with van der Waals surface area (Å²) >= 11 is 0. The number of amides is 2. The van der Waals surface area contributed by atoms with Crippen molar-refractivity contribution in [2.45, 2.75) is 13.8 Å². The lowest BCUT2D eigenvalue weighted by Gasteiger charge is -2.18. The Bertz CT molecular complexity index is 1250. The lowest BCUT2D eigenvalue weighted by atomic mass is 10.1. The Morgan fingerprint density at radius 2 is 1.50 bits per heavy atom. The number of carbonyl (C=O) groups excluding carboxylic acids is 2. The number of anilines is 1. The minimum Gasteiger partial charge on any atom is -0.436 e. The van der Waals surface area contributed by atoms with E-state index in [-0.39, 0.29) is 11.8 Å². The number of benzene rings is 3. The molecule has 0 unspecified atom stereocenters. The van der Waals surface area contributed by atoms with Crippen molar-refractivity contribution in [2.75, 3.05) is 4.90 Å². The summed E-state index contributed by atoms with van der Waals surface area (Å²) in [5.74, 6) is -0.153. The minimum absolute atomic E-state index is 0.311. The van der Waals surface area contributed by atoms with Crippen molar-refractivity contribution in [3.8, 4) is 11.5 Å². The Labute approximate surface area is 161 Å². The monoisotopic (exact) mass is 368 g/mol. The average Bonchev–Trinajstić information content (AvgIpc) is 3.22. The molecule has 5 nitrogen and oxygen atoms in total. The number of oxazole rings is 1. The summed E-state index contributed by atoms with van der Waals surface area (Å²) < 4.78 is 5.92.